The number of nitrogens with two attached hydrogens (primary N) is 1. The molecular formula is C14H22N2O2S. The van der Waals surface area contributed by atoms with E-state index in [0.29, 0.717) is 11.6 Å². The van der Waals surface area contributed by atoms with Crippen molar-refractivity contribution in [3.05, 3.63) is 16.1 Å². The van der Waals surface area contributed by atoms with E-state index in [-0.39, 0.29) is 0 Å². The van der Waals surface area contributed by atoms with Crippen LogP contribution in [0.2, 0.25) is 0 Å². The molecule has 0 spiro atoms. The first kappa shape index (κ1) is 14.5. The summed E-state index contributed by atoms with van der Waals surface area (Å²) in [5.41, 5.74) is 6.09. The van der Waals surface area contributed by atoms with Gasteiger partial charge in [-0.05, 0) is 31.6 Å². The number of thiazole rings is 1. The Hall–Kier alpha value is -0.940. The van der Waals surface area contributed by atoms with Gasteiger partial charge in [-0.25, -0.2) is 4.98 Å². The van der Waals surface area contributed by atoms with Gasteiger partial charge < -0.3 is 10.8 Å². The largest absolute Gasteiger partial charge is 0.480 e. The second-order valence-electron chi connectivity index (χ2n) is 5.43. The smallest absolute Gasteiger partial charge is 0.326 e. The number of hydrogen-bond acceptors (Lipinski definition) is 4. The minimum Gasteiger partial charge on any atom is -0.480 e. The van der Waals surface area contributed by atoms with Crippen molar-refractivity contribution < 1.29 is 9.90 Å². The fraction of sp³-hybridized carbons (Fsp3) is 0.714. The highest BCUT2D eigenvalue weighted by molar-refractivity contribution is 7.09. The van der Waals surface area contributed by atoms with Gasteiger partial charge in [-0.2, -0.15) is 0 Å². The number of carboxylic acid groups (broad SMARTS) is 1. The van der Waals surface area contributed by atoms with Gasteiger partial charge in [0.1, 0.15) is 6.04 Å². The monoisotopic (exact) mass is 282 g/mol. The predicted octanol–water partition coefficient (Wildman–Crippen LogP) is 3.30. The van der Waals surface area contributed by atoms with Gasteiger partial charge in [0.15, 0.2) is 0 Å². The van der Waals surface area contributed by atoms with E-state index in [9.17, 15) is 4.79 Å². The fourth-order valence-electron chi connectivity index (χ4n) is 2.86. The lowest BCUT2D eigenvalue weighted by molar-refractivity contribution is -0.138. The summed E-state index contributed by atoms with van der Waals surface area (Å²) in [6, 6.07) is -0.985. The van der Waals surface area contributed by atoms with Crippen LogP contribution in [0.5, 0.6) is 0 Å². The van der Waals surface area contributed by atoms with Crippen molar-refractivity contribution in [1.29, 1.82) is 0 Å². The highest BCUT2D eigenvalue weighted by atomic mass is 32.1. The summed E-state index contributed by atoms with van der Waals surface area (Å²) >= 11 is 1.56. The van der Waals surface area contributed by atoms with E-state index in [2.05, 4.69) is 11.9 Å². The molecule has 0 bridgehead atoms. The molecule has 0 radical (unpaired) electrons. The molecule has 0 saturated heterocycles. The average molecular weight is 282 g/mol. The standard InChI is InChI=1S/C14H22N2O2S/c1-2-3-9-4-6-10(7-5-9)13-16-11(8-19-13)12(15)14(17)18/h8-10,12H,2-7,15H2,1H3,(H,17,18). The number of carboxylic acids is 1. The molecule has 5 heteroatoms. The van der Waals surface area contributed by atoms with Crippen LogP contribution < -0.4 is 5.73 Å². The van der Waals surface area contributed by atoms with Crippen LogP contribution in [0.15, 0.2) is 5.38 Å². The number of aliphatic carboxylic acids is 1. The zero-order valence-electron chi connectivity index (χ0n) is 11.3. The van der Waals surface area contributed by atoms with Crippen LogP contribution in [0.1, 0.15) is 68.1 Å². The molecule has 106 valence electrons. The molecule has 1 aromatic heterocycles. The molecule has 4 nitrogen and oxygen atoms in total. The molecule has 2 rings (SSSR count). The first-order valence-electron chi connectivity index (χ1n) is 7.05. The molecule has 1 aliphatic carbocycles. The van der Waals surface area contributed by atoms with Crippen LogP contribution in [-0.4, -0.2) is 16.1 Å². The van der Waals surface area contributed by atoms with Crippen molar-refractivity contribution in [2.45, 2.75) is 57.4 Å². The number of hydrogen-bond donors (Lipinski definition) is 2. The van der Waals surface area contributed by atoms with Gasteiger partial charge in [0.2, 0.25) is 0 Å². The van der Waals surface area contributed by atoms with Crippen LogP contribution >= 0.6 is 11.3 Å². The Morgan fingerprint density at radius 1 is 1.53 bits per heavy atom. The zero-order chi connectivity index (χ0) is 13.8. The van der Waals surface area contributed by atoms with Crippen LogP contribution in [0.3, 0.4) is 0 Å². The predicted molar refractivity (Wildman–Crippen MR) is 76.3 cm³/mol. The Morgan fingerprint density at radius 2 is 2.21 bits per heavy atom. The molecule has 1 fully saturated rings. The highest BCUT2D eigenvalue weighted by Crippen LogP contribution is 2.38. The summed E-state index contributed by atoms with van der Waals surface area (Å²) in [4.78, 5) is 15.3. The van der Waals surface area contributed by atoms with E-state index in [0.717, 1.165) is 10.9 Å². The Kier molecular flexibility index (Phi) is 4.93. The minimum atomic E-state index is -1.01. The molecular weight excluding hydrogens is 260 g/mol. The average Bonchev–Trinajstić information content (AvgIpc) is 2.88. The lowest BCUT2D eigenvalue weighted by Gasteiger charge is -2.27. The third kappa shape index (κ3) is 3.54. The van der Waals surface area contributed by atoms with Gasteiger partial charge in [0.25, 0.3) is 0 Å². The summed E-state index contributed by atoms with van der Waals surface area (Å²) < 4.78 is 0. The third-order valence-corrected chi connectivity index (χ3v) is 5.04. The maximum atomic E-state index is 10.8. The Bertz CT molecular complexity index is 425. The normalized spacial score (nSPS) is 25.2. The molecule has 1 atom stereocenters. The number of carbonyl (C=O) groups is 1. The summed E-state index contributed by atoms with van der Waals surface area (Å²) in [6.45, 7) is 2.24. The van der Waals surface area contributed by atoms with Crippen molar-refractivity contribution >= 4 is 17.3 Å². The molecule has 1 aliphatic rings. The first-order chi connectivity index (χ1) is 9.11. The van der Waals surface area contributed by atoms with E-state index in [1.807, 2.05) is 0 Å². The van der Waals surface area contributed by atoms with E-state index in [1.165, 1.54) is 38.5 Å². The van der Waals surface area contributed by atoms with Crippen molar-refractivity contribution in [2.24, 2.45) is 11.7 Å². The number of aromatic nitrogens is 1. The van der Waals surface area contributed by atoms with Gasteiger partial charge in [-0.1, -0.05) is 19.8 Å². The van der Waals surface area contributed by atoms with E-state index >= 15 is 0 Å². The SMILES string of the molecule is CCCC1CCC(c2nc(C(N)C(=O)O)cs2)CC1. The van der Waals surface area contributed by atoms with E-state index in [1.54, 1.807) is 16.7 Å². The molecule has 1 unspecified atom stereocenters. The molecule has 0 aromatic carbocycles. The molecule has 3 N–H and O–H groups in total. The van der Waals surface area contributed by atoms with Crippen LogP contribution in [-0.2, 0) is 4.79 Å². The van der Waals surface area contributed by atoms with E-state index in [4.69, 9.17) is 10.8 Å². The summed E-state index contributed by atoms with van der Waals surface area (Å²) in [7, 11) is 0. The summed E-state index contributed by atoms with van der Waals surface area (Å²) in [5, 5.41) is 11.8. The number of rotatable bonds is 5. The summed E-state index contributed by atoms with van der Waals surface area (Å²) in [6.07, 6.45) is 7.51. The van der Waals surface area contributed by atoms with Crippen molar-refractivity contribution in [1.82, 2.24) is 4.98 Å². The molecule has 19 heavy (non-hydrogen) atoms. The minimum absolute atomic E-state index is 0.503. The topological polar surface area (TPSA) is 76.2 Å². The van der Waals surface area contributed by atoms with Crippen LogP contribution in [0.4, 0.5) is 0 Å². The highest BCUT2D eigenvalue weighted by Gasteiger charge is 2.25. The van der Waals surface area contributed by atoms with Gasteiger partial charge in [-0.15, -0.1) is 11.3 Å². The lowest BCUT2D eigenvalue weighted by Crippen LogP contribution is -2.21. The second-order valence-corrected chi connectivity index (χ2v) is 6.32. The van der Waals surface area contributed by atoms with Crippen molar-refractivity contribution in [2.75, 3.05) is 0 Å². The maximum Gasteiger partial charge on any atom is 0.326 e. The third-order valence-electron chi connectivity index (χ3n) is 4.02. The number of nitrogens with zero attached hydrogens (tertiary/aromatic N) is 1. The Balaban J connectivity index is 1.95. The molecule has 1 aromatic rings. The van der Waals surface area contributed by atoms with Gasteiger partial charge in [0.05, 0.1) is 10.7 Å². The zero-order valence-corrected chi connectivity index (χ0v) is 12.2. The molecule has 1 saturated carbocycles. The first-order valence-corrected chi connectivity index (χ1v) is 7.93. The van der Waals surface area contributed by atoms with E-state index < -0.39 is 12.0 Å². The van der Waals surface area contributed by atoms with Gasteiger partial charge in [0, 0.05) is 11.3 Å². The van der Waals surface area contributed by atoms with Crippen molar-refractivity contribution in [3.8, 4) is 0 Å². The van der Waals surface area contributed by atoms with Crippen LogP contribution in [0, 0.1) is 5.92 Å². The summed E-state index contributed by atoms with van der Waals surface area (Å²) in [5.74, 6) is 0.373. The lowest BCUT2D eigenvalue weighted by atomic mass is 9.80. The van der Waals surface area contributed by atoms with Crippen molar-refractivity contribution in [3.63, 3.8) is 0 Å². The van der Waals surface area contributed by atoms with Crippen LogP contribution in [0.25, 0.3) is 0 Å². The Labute approximate surface area is 118 Å². The van der Waals surface area contributed by atoms with Gasteiger partial charge >= 0.3 is 5.97 Å². The molecule has 0 aliphatic heterocycles. The second kappa shape index (κ2) is 6.48. The molecule has 0 amide bonds. The quantitative estimate of drug-likeness (QED) is 0.868. The Morgan fingerprint density at radius 3 is 2.79 bits per heavy atom. The van der Waals surface area contributed by atoms with Gasteiger partial charge in [-0.3, -0.25) is 4.79 Å². The molecule has 1 heterocycles. The maximum absolute atomic E-state index is 10.8. The fourth-order valence-corrected chi connectivity index (χ4v) is 3.89.